The van der Waals surface area contributed by atoms with Crippen molar-refractivity contribution in [1.82, 2.24) is 14.9 Å². The number of likely N-dealkylation sites (N-methyl/N-ethyl adjacent to an activating group) is 1. The normalized spacial score (nSPS) is 14.8. The van der Waals surface area contributed by atoms with Gasteiger partial charge in [0.25, 0.3) is 0 Å². The molecule has 1 heterocycles. The van der Waals surface area contributed by atoms with Gasteiger partial charge in [-0.05, 0) is 32.6 Å². The van der Waals surface area contributed by atoms with Gasteiger partial charge in [-0.3, -0.25) is 4.79 Å². The van der Waals surface area contributed by atoms with Crippen LogP contribution in [0.4, 0.5) is 0 Å². The molecule has 1 aromatic rings. The second-order valence-corrected chi connectivity index (χ2v) is 4.02. The summed E-state index contributed by atoms with van der Waals surface area (Å²) in [5.74, 6) is 1.01. The Morgan fingerprint density at radius 3 is 2.93 bits per heavy atom. The molecule has 4 nitrogen and oxygen atoms in total. The quantitative estimate of drug-likeness (QED) is 0.780. The van der Waals surface area contributed by atoms with Crippen LogP contribution in [-0.4, -0.2) is 22.5 Å². The third kappa shape index (κ3) is 1.89. The van der Waals surface area contributed by atoms with Crippen LogP contribution < -0.4 is 5.32 Å². The van der Waals surface area contributed by atoms with Crippen molar-refractivity contribution in [3.63, 3.8) is 0 Å². The number of carbonyl (C=O) groups excluding carboxylic acids is 1. The van der Waals surface area contributed by atoms with E-state index >= 15 is 0 Å². The van der Waals surface area contributed by atoms with E-state index in [0.717, 1.165) is 18.7 Å². The third-order valence-corrected chi connectivity index (χ3v) is 3.00. The maximum atomic E-state index is 11.4. The predicted molar refractivity (Wildman–Crippen MR) is 57.7 cm³/mol. The van der Waals surface area contributed by atoms with Crippen molar-refractivity contribution in [2.24, 2.45) is 0 Å². The highest BCUT2D eigenvalue weighted by Gasteiger charge is 2.18. The van der Waals surface area contributed by atoms with Crippen LogP contribution >= 0.6 is 0 Å². The van der Waals surface area contributed by atoms with E-state index in [1.165, 1.54) is 24.2 Å². The highest BCUT2D eigenvalue weighted by molar-refractivity contribution is 5.75. The summed E-state index contributed by atoms with van der Waals surface area (Å²) < 4.78 is 2.05. The maximum Gasteiger partial charge on any atom is 0.239 e. The smallest absolute Gasteiger partial charge is 0.239 e. The van der Waals surface area contributed by atoms with E-state index in [-0.39, 0.29) is 5.91 Å². The van der Waals surface area contributed by atoms with Gasteiger partial charge in [-0.15, -0.1) is 0 Å². The first-order valence-corrected chi connectivity index (χ1v) is 5.48. The summed E-state index contributed by atoms with van der Waals surface area (Å²) in [5.41, 5.74) is 2.46. The number of hydrogen-bond donors (Lipinski definition) is 1. The van der Waals surface area contributed by atoms with Crippen LogP contribution in [0, 0.1) is 6.92 Å². The van der Waals surface area contributed by atoms with Crippen molar-refractivity contribution >= 4 is 5.91 Å². The Kier molecular flexibility index (Phi) is 2.75. The Balaban J connectivity index is 2.29. The molecule has 0 spiro atoms. The summed E-state index contributed by atoms with van der Waals surface area (Å²) in [5, 5.41) is 2.65. The largest absolute Gasteiger partial charge is 0.358 e. The average Bonchev–Trinajstić information content (AvgIpc) is 2.55. The van der Waals surface area contributed by atoms with Gasteiger partial charge in [0.2, 0.25) is 5.91 Å². The predicted octanol–water partition coefficient (Wildman–Crippen LogP) is 0.816. The zero-order chi connectivity index (χ0) is 10.8. The molecule has 0 atom stereocenters. The highest BCUT2D eigenvalue weighted by atomic mass is 16.1. The van der Waals surface area contributed by atoms with Gasteiger partial charge in [-0.1, -0.05) is 0 Å². The number of carbonyl (C=O) groups is 1. The van der Waals surface area contributed by atoms with Crippen molar-refractivity contribution in [3.05, 3.63) is 17.2 Å². The molecule has 0 saturated carbocycles. The molecular formula is C11H17N3O. The standard InChI is InChI=1S/C11H17N3O/c1-8-13-9-5-3-4-6-10(9)14(8)7-11(15)12-2/h3-7H2,1-2H3,(H,12,15). The Hall–Kier alpha value is -1.32. The minimum atomic E-state index is 0.0453. The summed E-state index contributed by atoms with van der Waals surface area (Å²) in [6, 6.07) is 0. The van der Waals surface area contributed by atoms with Crippen LogP contribution in [-0.2, 0) is 24.2 Å². The van der Waals surface area contributed by atoms with E-state index in [0.29, 0.717) is 6.54 Å². The second-order valence-electron chi connectivity index (χ2n) is 4.02. The maximum absolute atomic E-state index is 11.4. The van der Waals surface area contributed by atoms with Gasteiger partial charge in [0.1, 0.15) is 12.4 Å². The lowest BCUT2D eigenvalue weighted by molar-refractivity contribution is -0.121. The first-order valence-electron chi connectivity index (χ1n) is 5.48. The molecule has 1 amide bonds. The number of fused-ring (bicyclic) bond motifs is 1. The van der Waals surface area contributed by atoms with Crippen molar-refractivity contribution in [1.29, 1.82) is 0 Å². The lowest BCUT2D eigenvalue weighted by atomic mass is 10.0. The monoisotopic (exact) mass is 207 g/mol. The minimum absolute atomic E-state index is 0.0453. The minimum Gasteiger partial charge on any atom is -0.358 e. The van der Waals surface area contributed by atoms with Crippen molar-refractivity contribution in [2.75, 3.05) is 7.05 Å². The summed E-state index contributed by atoms with van der Waals surface area (Å²) in [6.45, 7) is 2.38. The number of aromatic nitrogens is 2. The van der Waals surface area contributed by atoms with E-state index < -0.39 is 0 Å². The number of hydrogen-bond acceptors (Lipinski definition) is 2. The number of nitrogens with zero attached hydrogens (tertiary/aromatic N) is 2. The third-order valence-electron chi connectivity index (χ3n) is 3.00. The summed E-state index contributed by atoms with van der Waals surface area (Å²) in [6.07, 6.45) is 4.57. The molecule has 0 unspecified atom stereocenters. The number of imidazole rings is 1. The summed E-state index contributed by atoms with van der Waals surface area (Å²) >= 11 is 0. The number of amides is 1. The van der Waals surface area contributed by atoms with E-state index in [4.69, 9.17) is 0 Å². The molecule has 0 saturated heterocycles. The highest BCUT2D eigenvalue weighted by Crippen LogP contribution is 2.21. The van der Waals surface area contributed by atoms with Crippen LogP contribution in [0.25, 0.3) is 0 Å². The Labute approximate surface area is 89.7 Å². The van der Waals surface area contributed by atoms with Crippen molar-refractivity contribution < 1.29 is 4.79 Å². The average molecular weight is 207 g/mol. The molecule has 1 N–H and O–H groups in total. The number of aryl methyl sites for hydroxylation is 2. The molecule has 4 heteroatoms. The molecular weight excluding hydrogens is 190 g/mol. The topological polar surface area (TPSA) is 46.9 Å². The lowest BCUT2D eigenvalue weighted by Gasteiger charge is -2.13. The van der Waals surface area contributed by atoms with Gasteiger partial charge in [0.05, 0.1) is 5.69 Å². The molecule has 0 fully saturated rings. The summed E-state index contributed by atoms with van der Waals surface area (Å²) in [4.78, 5) is 15.9. The molecule has 0 radical (unpaired) electrons. The molecule has 0 aromatic carbocycles. The van der Waals surface area contributed by atoms with E-state index in [2.05, 4.69) is 10.3 Å². The Morgan fingerprint density at radius 2 is 2.20 bits per heavy atom. The fourth-order valence-electron chi connectivity index (χ4n) is 2.17. The first-order chi connectivity index (χ1) is 7.22. The van der Waals surface area contributed by atoms with Gasteiger partial charge in [-0.25, -0.2) is 4.98 Å². The van der Waals surface area contributed by atoms with Gasteiger partial charge in [-0.2, -0.15) is 0 Å². The van der Waals surface area contributed by atoms with Crippen molar-refractivity contribution in [3.8, 4) is 0 Å². The zero-order valence-corrected chi connectivity index (χ0v) is 9.34. The molecule has 2 rings (SSSR count). The van der Waals surface area contributed by atoms with Crippen LogP contribution in [0.3, 0.4) is 0 Å². The molecule has 82 valence electrons. The van der Waals surface area contributed by atoms with E-state index in [1.54, 1.807) is 7.05 Å². The van der Waals surface area contributed by atoms with Crippen LogP contribution in [0.15, 0.2) is 0 Å². The van der Waals surface area contributed by atoms with Crippen LogP contribution in [0.1, 0.15) is 30.1 Å². The van der Waals surface area contributed by atoms with Gasteiger partial charge < -0.3 is 9.88 Å². The van der Waals surface area contributed by atoms with Gasteiger partial charge in [0.15, 0.2) is 0 Å². The van der Waals surface area contributed by atoms with E-state index in [1.807, 2.05) is 11.5 Å². The number of rotatable bonds is 2. The molecule has 15 heavy (non-hydrogen) atoms. The Bertz CT molecular complexity index is 381. The van der Waals surface area contributed by atoms with Gasteiger partial charge in [0, 0.05) is 12.7 Å². The Morgan fingerprint density at radius 1 is 1.47 bits per heavy atom. The van der Waals surface area contributed by atoms with Gasteiger partial charge >= 0.3 is 0 Å². The fraction of sp³-hybridized carbons (Fsp3) is 0.636. The summed E-state index contributed by atoms with van der Waals surface area (Å²) in [7, 11) is 1.67. The molecule has 0 aliphatic heterocycles. The SMILES string of the molecule is CNC(=O)Cn1c(C)nc2c1CCCC2. The molecule has 1 aliphatic rings. The first kappa shape index (κ1) is 10.2. The second kappa shape index (κ2) is 4.04. The van der Waals surface area contributed by atoms with Crippen molar-refractivity contribution in [2.45, 2.75) is 39.2 Å². The van der Waals surface area contributed by atoms with Crippen LogP contribution in [0.5, 0.6) is 0 Å². The molecule has 1 aromatic heterocycles. The number of nitrogens with one attached hydrogen (secondary N) is 1. The zero-order valence-electron chi connectivity index (χ0n) is 9.34. The fourth-order valence-corrected chi connectivity index (χ4v) is 2.17. The molecule has 0 bridgehead atoms. The molecule has 1 aliphatic carbocycles. The van der Waals surface area contributed by atoms with E-state index in [9.17, 15) is 4.79 Å². The van der Waals surface area contributed by atoms with Crippen LogP contribution in [0.2, 0.25) is 0 Å². The lowest BCUT2D eigenvalue weighted by Crippen LogP contribution is -2.25.